The number of hydrogen-bond acceptors (Lipinski definition) is 3. The number of hydrogen-bond donors (Lipinski definition) is 1. The molecule has 2 N–H and O–H groups in total. The van der Waals surface area contributed by atoms with Gasteiger partial charge in [-0.1, -0.05) is 13.8 Å². The highest BCUT2D eigenvalue weighted by atomic mass is 79.9. The molecule has 19 heavy (non-hydrogen) atoms. The molecule has 1 aliphatic rings. The predicted molar refractivity (Wildman–Crippen MR) is 75.6 cm³/mol. The molecule has 0 spiro atoms. The number of rotatable bonds is 2. The van der Waals surface area contributed by atoms with E-state index in [-0.39, 0.29) is 22.4 Å². The first kappa shape index (κ1) is 14.7. The van der Waals surface area contributed by atoms with Crippen molar-refractivity contribution >= 4 is 31.6 Å². The van der Waals surface area contributed by atoms with Crippen molar-refractivity contribution in [3.8, 4) is 0 Å². The summed E-state index contributed by atoms with van der Waals surface area (Å²) in [5.41, 5.74) is 5.85. The lowest BCUT2D eigenvalue weighted by Gasteiger charge is -2.17. The second-order valence-corrected chi connectivity index (χ2v) is 7.84. The second-order valence-electron chi connectivity index (χ2n) is 5.08. The molecule has 0 bridgehead atoms. The van der Waals surface area contributed by atoms with Gasteiger partial charge in [-0.3, -0.25) is 0 Å². The standard InChI is InChI=1S/C12H16BrFN2O2S/c1-7-5-16(6-8(7)2)19(17,18)12-4-11(15)9(13)3-10(12)14/h3-4,7-8H,5-6,15H2,1-2H3. The molecule has 4 nitrogen and oxygen atoms in total. The zero-order valence-corrected chi connectivity index (χ0v) is 13.1. The van der Waals surface area contributed by atoms with Gasteiger partial charge in [-0.05, 0) is 39.9 Å². The zero-order valence-electron chi connectivity index (χ0n) is 10.7. The van der Waals surface area contributed by atoms with E-state index in [2.05, 4.69) is 15.9 Å². The third kappa shape index (κ3) is 2.64. The van der Waals surface area contributed by atoms with Crippen molar-refractivity contribution in [1.29, 1.82) is 0 Å². The highest BCUT2D eigenvalue weighted by Gasteiger charge is 2.36. The summed E-state index contributed by atoms with van der Waals surface area (Å²) in [4.78, 5) is -0.352. The first-order valence-corrected chi connectivity index (χ1v) is 8.21. The number of halogens is 2. The number of nitrogen functional groups attached to an aromatic ring is 1. The Morgan fingerprint density at radius 1 is 1.32 bits per heavy atom. The minimum Gasteiger partial charge on any atom is -0.398 e. The van der Waals surface area contributed by atoms with Gasteiger partial charge in [0.25, 0.3) is 0 Å². The Bertz CT molecular complexity index is 596. The number of benzene rings is 1. The summed E-state index contributed by atoms with van der Waals surface area (Å²) in [5, 5.41) is 0. The smallest absolute Gasteiger partial charge is 0.246 e. The van der Waals surface area contributed by atoms with Crippen molar-refractivity contribution in [3.63, 3.8) is 0 Å². The van der Waals surface area contributed by atoms with Crippen LogP contribution in [0, 0.1) is 17.7 Å². The van der Waals surface area contributed by atoms with Crippen molar-refractivity contribution in [2.45, 2.75) is 18.7 Å². The molecule has 0 aliphatic carbocycles. The van der Waals surface area contributed by atoms with E-state index in [1.165, 1.54) is 10.4 Å². The van der Waals surface area contributed by atoms with Crippen LogP contribution in [0.15, 0.2) is 21.5 Å². The average Bonchev–Trinajstić information content (AvgIpc) is 2.65. The van der Waals surface area contributed by atoms with Gasteiger partial charge >= 0.3 is 0 Å². The van der Waals surface area contributed by atoms with Crippen LogP contribution in [0.2, 0.25) is 0 Å². The van der Waals surface area contributed by atoms with Crippen molar-refractivity contribution < 1.29 is 12.8 Å². The molecule has 0 aromatic heterocycles. The van der Waals surface area contributed by atoms with Gasteiger partial charge in [-0.15, -0.1) is 0 Å². The quantitative estimate of drug-likeness (QED) is 0.833. The van der Waals surface area contributed by atoms with Crippen molar-refractivity contribution in [2.75, 3.05) is 18.8 Å². The highest BCUT2D eigenvalue weighted by molar-refractivity contribution is 9.10. The Labute approximate surface area is 121 Å². The van der Waals surface area contributed by atoms with E-state index in [0.717, 1.165) is 6.07 Å². The van der Waals surface area contributed by atoms with Gasteiger partial charge in [0.2, 0.25) is 10.0 Å². The molecule has 0 saturated carbocycles. The van der Waals surface area contributed by atoms with Gasteiger partial charge < -0.3 is 5.73 Å². The number of anilines is 1. The van der Waals surface area contributed by atoms with Gasteiger partial charge in [0.05, 0.1) is 0 Å². The van der Waals surface area contributed by atoms with Crippen LogP contribution in [0.5, 0.6) is 0 Å². The van der Waals surface area contributed by atoms with Gasteiger partial charge in [-0.25, -0.2) is 12.8 Å². The van der Waals surface area contributed by atoms with Crippen LogP contribution in [0.1, 0.15) is 13.8 Å². The molecular weight excluding hydrogens is 335 g/mol. The zero-order chi connectivity index (χ0) is 14.4. The maximum atomic E-state index is 13.9. The van der Waals surface area contributed by atoms with Gasteiger partial charge in [-0.2, -0.15) is 4.31 Å². The molecule has 106 valence electrons. The highest BCUT2D eigenvalue weighted by Crippen LogP contribution is 2.32. The molecule has 2 rings (SSSR count). The summed E-state index contributed by atoms with van der Waals surface area (Å²) < 4.78 is 40.4. The number of sulfonamides is 1. The fourth-order valence-corrected chi connectivity index (χ4v) is 4.19. The van der Waals surface area contributed by atoms with Crippen LogP contribution in [-0.4, -0.2) is 25.8 Å². The summed E-state index contributed by atoms with van der Waals surface area (Å²) in [7, 11) is -3.82. The summed E-state index contributed by atoms with van der Waals surface area (Å²) in [6.45, 7) is 4.82. The minimum absolute atomic E-state index is 0.209. The fourth-order valence-electron chi connectivity index (χ4n) is 2.15. The molecule has 0 radical (unpaired) electrons. The molecule has 2 unspecified atom stereocenters. The Kier molecular flexibility index (Phi) is 3.90. The maximum absolute atomic E-state index is 13.9. The van der Waals surface area contributed by atoms with E-state index in [1.54, 1.807) is 0 Å². The van der Waals surface area contributed by atoms with Crippen LogP contribution >= 0.6 is 15.9 Å². The molecule has 1 aromatic carbocycles. The Morgan fingerprint density at radius 2 is 1.84 bits per heavy atom. The Hall–Kier alpha value is -0.660. The largest absolute Gasteiger partial charge is 0.398 e. The molecular formula is C12H16BrFN2O2S. The van der Waals surface area contributed by atoms with Crippen LogP contribution in [0.25, 0.3) is 0 Å². The second kappa shape index (κ2) is 5.03. The number of nitrogens with two attached hydrogens (primary N) is 1. The van der Waals surface area contributed by atoms with E-state index in [0.29, 0.717) is 17.6 Å². The molecule has 1 aromatic rings. The summed E-state index contributed by atoms with van der Waals surface area (Å²) >= 11 is 3.08. The third-order valence-corrected chi connectivity index (χ3v) is 6.16. The van der Waals surface area contributed by atoms with Crippen molar-refractivity contribution in [3.05, 3.63) is 22.4 Å². The first-order chi connectivity index (χ1) is 8.73. The van der Waals surface area contributed by atoms with E-state index in [4.69, 9.17) is 5.73 Å². The van der Waals surface area contributed by atoms with Crippen LogP contribution in [-0.2, 0) is 10.0 Å². The van der Waals surface area contributed by atoms with Crippen LogP contribution < -0.4 is 5.73 Å². The van der Waals surface area contributed by atoms with E-state index < -0.39 is 15.8 Å². The van der Waals surface area contributed by atoms with E-state index >= 15 is 0 Å². The van der Waals surface area contributed by atoms with E-state index in [9.17, 15) is 12.8 Å². The lowest BCUT2D eigenvalue weighted by atomic mass is 10.0. The SMILES string of the molecule is CC1CN(S(=O)(=O)c2cc(N)c(Br)cc2F)CC1C. The minimum atomic E-state index is -3.82. The van der Waals surface area contributed by atoms with Gasteiger partial charge in [0, 0.05) is 23.2 Å². The summed E-state index contributed by atoms with van der Waals surface area (Å²) in [6.07, 6.45) is 0. The average molecular weight is 351 g/mol. The van der Waals surface area contributed by atoms with Gasteiger partial charge in [0.15, 0.2) is 0 Å². The Balaban J connectivity index is 2.43. The van der Waals surface area contributed by atoms with Gasteiger partial charge in [0.1, 0.15) is 10.7 Å². The van der Waals surface area contributed by atoms with Crippen molar-refractivity contribution in [1.82, 2.24) is 4.31 Å². The normalized spacial score (nSPS) is 24.8. The maximum Gasteiger partial charge on any atom is 0.246 e. The fraction of sp³-hybridized carbons (Fsp3) is 0.500. The Morgan fingerprint density at radius 3 is 2.37 bits per heavy atom. The summed E-state index contributed by atoms with van der Waals surface area (Å²) in [6, 6.07) is 2.26. The summed E-state index contributed by atoms with van der Waals surface area (Å²) in [5.74, 6) is -0.246. The lowest BCUT2D eigenvalue weighted by molar-refractivity contribution is 0.456. The third-order valence-electron chi connectivity index (χ3n) is 3.62. The predicted octanol–water partition coefficient (Wildman–Crippen LogP) is 2.45. The van der Waals surface area contributed by atoms with E-state index in [1.807, 2.05) is 13.8 Å². The van der Waals surface area contributed by atoms with Crippen LogP contribution in [0.3, 0.4) is 0 Å². The first-order valence-electron chi connectivity index (χ1n) is 5.98. The molecule has 7 heteroatoms. The topological polar surface area (TPSA) is 63.4 Å². The lowest BCUT2D eigenvalue weighted by Crippen LogP contribution is -2.29. The monoisotopic (exact) mass is 350 g/mol. The molecule has 1 heterocycles. The molecule has 2 atom stereocenters. The van der Waals surface area contributed by atoms with Crippen LogP contribution in [0.4, 0.5) is 10.1 Å². The molecule has 1 aliphatic heterocycles. The molecule has 1 saturated heterocycles. The number of nitrogens with zero attached hydrogens (tertiary/aromatic N) is 1. The van der Waals surface area contributed by atoms with Crippen molar-refractivity contribution in [2.24, 2.45) is 11.8 Å². The molecule has 0 amide bonds. The molecule has 1 fully saturated rings.